The molecule has 3 rings (SSSR count). The summed E-state index contributed by atoms with van der Waals surface area (Å²) in [5.74, 6) is 1.46. The topological polar surface area (TPSA) is 78.7 Å². The second-order valence-corrected chi connectivity index (χ2v) is 6.93. The molecule has 1 aliphatic rings. The summed E-state index contributed by atoms with van der Waals surface area (Å²) >= 11 is 0. The van der Waals surface area contributed by atoms with Crippen LogP contribution in [0.3, 0.4) is 0 Å². The second-order valence-electron chi connectivity index (χ2n) is 6.93. The largest absolute Gasteiger partial charge is 0.357 e. The van der Waals surface area contributed by atoms with E-state index in [1.807, 2.05) is 12.4 Å². The van der Waals surface area contributed by atoms with Gasteiger partial charge in [0, 0.05) is 71.1 Å². The van der Waals surface area contributed by atoms with Gasteiger partial charge in [-0.3, -0.25) is 14.8 Å². The molecule has 8 nitrogen and oxygen atoms in total. The molecule has 0 atom stereocenters. The number of hydrogen-bond donors (Lipinski definition) is 1. The van der Waals surface area contributed by atoms with Gasteiger partial charge < -0.3 is 19.7 Å². The number of aromatic nitrogens is 3. The zero-order valence-corrected chi connectivity index (χ0v) is 19.7. The molecular weight excluding hydrogens is 481 g/mol. The van der Waals surface area contributed by atoms with Gasteiger partial charge in [-0.2, -0.15) is 0 Å². The molecule has 3 heterocycles. The quantitative estimate of drug-likeness (QED) is 0.372. The predicted molar refractivity (Wildman–Crippen MR) is 127 cm³/mol. The lowest BCUT2D eigenvalue weighted by atomic mass is 10.1. The Labute approximate surface area is 189 Å². The Hall–Kier alpha value is -2.17. The summed E-state index contributed by atoms with van der Waals surface area (Å²) < 4.78 is 1.57. The van der Waals surface area contributed by atoms with Crippen LogP contribution >= 0.6 is 24.0 Å². The van der Waals surface area contributed by atoms with Crippen LogP contribution in [0.4, 0.5) is 5.82 Å². The van der Waals surface area contributed by atoms with Crippen LogP contribution in [0, 0.1) is 6.92 Å². The lowest BCUT2D eigenvalue weighted by molar-refractivity contribution is 0.371. The average molecular weight is 511 g/mol. The van der Waals surface area contributed by atoms with Gasteiger partial charge in [0.2, 0.25) is 0 Å². The highest BCUT2D eigenvalue weighted by Gasteiger charge is 2.22. The number of aliphatic imine (C=N–C) groups is 1. The van der Waals surface area contributed by atoms with E-state index in [2.05, 4.69) is 45.0 Å². The third-order valence-corrected chi connectivity index (χ3v) is 4.99. The molecule has 0 amide bonds. The molecule has 0 unspecified atom stereocenters. The summed E-state index contributed by atoms with van der Waals surface area (Å²) in [6.07, 6.45) is 7.98. The van der Waals surface area contributed by atoms with Crippen LogP contribution < -0.4 is 15.8 Å². The van der Waals surface area contributed by atoms with Crippen LogP contribution in [0.1, 0.15) is 18.1 Å². The molecule has 1 aliphatic heterocycles. The standard InChI is InChI=1S/C20H29N7O.HI/c1-4-22-20(24-8-6-17-5-7-21-15-16(17)2)27-13-11-26(12-14-27)18-19(28)25(3)10-9-23-18;/h5,7,9-10,15H,4,6,8,11-14H2,1-3H3,(H,22,24);1H. The van der Waals surface area contributed by atoms with Gasteiger partial charge in [-0.25, -0.2) is 4.98 Å². The number of rotatable bonds is 5. The summed E-state index contributed by atoms with van der Waals surface area (Å²) in [5, 5.41) is 3.39. The lowest BCUT2D eigenvalue weighted by Gasteiger charge is -2.36. The Balaban J connectivity index is 0.00000300. The first kappa shape index (κ1) is 23.1. The van der Waals surface area contributed by atoms with Crippen molar-refractivity contribution in [2.24, 2.45) is 12.0 Å². The minimum Gasteiger partial charge on any atom is -0.357 e. The van der Waals surface area contributed by atoms with E-state index in [-0.39, 0.29) is 29.5 Å². The van der Waals surface area contributed by atoms with Crippen molar-refractivity contribution < 1.29 is 0 Å². The van der Waals surface area contributed by atoms with Crippen LogP contribution in [0.2, 0.25) is 0 Å². The molecule has 2 aromatic heterocycles. The molecule has 1 N–H and O–H groups in total. The highest BCUT2D eigenvalue weighted by Crippen LogP contribution is 2.10. The first-order chi connectivity index (χ1) is 13.6. The van der Waals surface area contributed by atoms with Gasteiger partial charge in [0.15, 0.2) is 11.8 Å². The van der Waals surface area contributed by atoms with E-state index in [1.165, 1.54) is 11.1 Å². The Morgan fingerprint density at radius 2 is 2.00 bits per heavy atom. The van der Waals surface area contributed by atoms with E-state index in [9.17, 15) is 4.79 Å². The van der Waals surface area contributed by atoms with Gasteiger partial charge in [-0.15, -0.1) is 24.0 Å². The van der Waals surface area contributed by atoms with Crippen molar-refractivity contribution in [2.75, 3.05) is 44.2 Å². The van der Waals surface area contributed by atoms with Crippen molar-refractivity contribution >= 4 is 35.8 Å². The zero-order valence-electron chi connectivity index (χ0n) is 17.3. The molecule has 0 aromatic carbocycles. The van der Waals surface area contributed by atoms with Crippen LogP contribution in [0.15, 0.2) is 40.6 Å². The van der Waals surface area contributed by atoms with Gasteiger partial charge in [0.25, 0.3) is 5.56 Å². The fraction of sp³-hybridized carbons (Fsp3) is 0.500. The number of hydrogen-bond acceptors (Lipinski definition) is 5. The number of nitrogens with zero attached hydrogens (tertiary/aromatic N) is 6. The van der Waals surface area contributed by atoms with Crippen molar-refractivity contribution in [1.82, 2.24) is 24.8 Å². The number of halogens is 1. The molecule has 0 aliphatic carbocycles. The number of nitrogens with one attached hydrogen (secondary N) is 1. The Morgan fingerprint density at radius 1 is 1.24 bits per heavy atom. The van der Waals surface area contributed by atoms with Crippen molar-refractivity contribution in [3.05, 3.63) is 52.3 Å². The van der Waals surface area contributed by atoms with Crippen LogP contribution in [-0.2, 0) is 13.5 Å². The van der Waals surface area contributed by atoms with Crippen LogP contribution in [0.25, 0.3) is 0 Å². The third-order valence-electron chi connectivity index (χ3n) is 4.99. The SMILES string of the molecule is CCNC(=NCCc1ccncc1C)N1CCN(c2nccn(C)c2=O)CC1.I. The molecule has 29 heavy (non-hydrogen) atoms. The van der Waals surface area contributed by atoms with E-state index in [4.69, 9.17) is 4.99 Å². The summed E-state index contributed by atoms with van der Waals surface area (Å²) in [7, 11) is 1.75. The van der Waals surface area contributed by atoms with Crippen molar-refractivity contribution in [1.29, 1.82) is 0 Å². The summed E-state index contributed by atoms with van der Waals surface area (Å²) in [5.41, 5.74) is 2.43. The van der Waals surface area contributed by atoms with Gasteiger partial charge in [0.1, 0.15) is 0 Å². The molecule has 2 aromatic rings. The van der Waals surface area contributed by atoms with Gasteiger partial charge >= 0.3 is 0 Å². The summed E-state index contributed by atoms with van der Waals surface area (Å²) in [6.45, 7) is 8.83. The molecule has 0 saturated carbocycles. The van der Waals surface area contributed by atoms with E-state index >= 15 is 0 Å². The van der Waals surface area contributed by atoms with Crippen LogP contribution in [-0.4, -0.2) is 64.7 Å². The Bertz CT molecular complexity index is 875. The van der Waals surface area contributed by atoms with Gasteiger partial charge in [0.05, 0.1) is 0 Å². The van der Waals surface area contributed by atoms with E-state index in [0.29, 0.717) is 5.82 Å². The maximum Gasteiger partial charge on any atom is 0.293 e. The van der Waals surface area contributed by atoms with Crippen LogP contribution in [0.5, 0.6) is 0 Å². The minimum absolute atomic E-state index is 0. The monoisotopic (exact) mass is 511 g/mol. The van der Waals surface area contributed by atoms with Gasteiger partial charge in [-0.05, 0) is 37.5 Å². The number of piperazine rings is 1. The maximum atomic E-state index is 12.3. The molecule has 9 heteroatoms. The lowest BCUT2D eigenvalue weighted by Crippen LogP contribution is -2.53. The molecule has 1 saturated heterocycles. The predicted octanol–water partition coefficient (Wildman–Crippen LogP) is 1.43. The molecule has 0 bridgehead atoms. The second kappa shape index (κ2) is 11.1. The fourth-order valence-electron chi connectivity index (χ4n) is 3.32. The highest BCUT2D eigenvalue weighted by molar-refractivity contribution is 14.0. The number of pyridine rings is 1. The highest BCUT2D eigenvalue weighted by atomic mass is 127. The third kappa shape index (κ3) is 5.91. The number of anilines is 1. The fourth-order valence-corrected chi connectivity index (χ4v) is 3.32. The normalized spacial score (nSPS) is 14.5. The summed E-state index contributed by atoms with van der Waals surface area (Å²) in [4.78, 5) is 29.9. The Kier molecular flexibility index (Phi) is 8.87. The van der Waals surface area contributed by atoms with E-state index in [0.717, 1.165) is 51.6 Å². The van der Waals surface area contributed by atoms with Crippen molar-refractivity contribution in [3.63, 3.8) is 0 Å². The molecular formula is C20H30IN7O. The van der Waals surface area contributed by atoms with Crippen molar-refractivity contribution in [3.8, 4) is 0 Å². The zero-order chi connectivity index (χ0) is 19.9. The van der Waals surface area contributed by atoms with E-state index < -0.39 is 0 Å². The van der Waals surface area contributed by atoms with Crippen molar-refractivity contribution in [2.45, 2.75) is 20.3 Å². The van der Waals surface area contributed by atoms with E-state index in [1.54, 1.807) is 24.0 Å². The number of aryl methyl sites for hydroxylation is 2. The minimum atomic E-state index is -0.0516. The average Bonchev–Trinajstić information content (AvgIpc) is 2.71. The smallest absolute Gasteiger partial charge is 0.293 e. The molecule has 1 fully saturated rings. The molecule has 0 spiro atoms. The number of guanidine groups is 1. The van der Waals surface area contributed by atoms with Gasteiger partial charge in [-0.1, -0.05) is 0 Å². The Morgan fingerprint density at radius 3 is 2.69 bits per heavy atom. The summed E-state index contributed by atoms with van der Waals surface area (Å²) in [6, 6.07) is 2.06. The molecule has 158 valence electrons. The molecule has 0 radical (unpaired) electrons. The maximum absolute atomic E-state index is 12.3. The first-order valence-corrected chi connectivity index (χ1v) is 9.79. The first-order valence-electron chi connectivity index (χ1n) is 9.79.